The number of hydrogen-bond acceptors (Lipinski definition) is 2. The van der Waals surface area contributed by atoms with Gasteiger partial charge in [0.1, 0.15) is 0 Å². The van der Waals surface area contributed by atoms with Crippen LogP contribution in [0.25, 0.3) is 0 Å². The molecule has 0 aromatic heterocycles. The van der Waals surface area contributed by atoms with Crippen LogP contribution in [0.4, 0.5) is 0 Å². The van der Waals surface area contributed by atoms with E-state index in [1.165, 1.54) is 5.56 Å². The molecule has 3 nitrogen and oxygen atoms in total. The molecule has 1 amide bonds. The molecule has 0 spiro atoms. The number of carbonyl (C=O) groups is 1. The first-order chi connectivity index (χ1) is 9.59. The molecule has 1 aromatic rings. The molecule has 0 aliphatic carbocycles. The normalized spacial score (nSPS) is 15.6. The molecule has 0 radical (unpaired) electrons. The Bertz CT molecular complexity index is 468. The zero-order valence-electron chi connectivity index (χ0n) is 13.2. The Hall–Kier alpha value is -1.06. The van der Waals surface area contributed by atoms with Crippen molar-refractivity contribution in [3.8, 4) is 0 Å². The molecule has 0 atom stereocenters. The van der Waals surface area contributed by atoms with E-state index in [0.717, 1.165) is 43.6 Å². The maximum Gasteiger partial charge on any atom is 0.251 e. The van der Waals surface area contributed by atoms with Gasteiger partial charge in [-0.15, -0.1) is 12.4 Å². The number of halogens is 1. The molecule has 1 saturated heterocycles. The molecule has 4 heteroatoms. The van der Waals surface area contributed by atoms with Crippen molar-refractivity contribution >= 4 is 18.3 Å². The fraction of sp³-hybridized carbons (Fsp3) is 0.588. The third-order valence-corrected chi connectivity index (χ3v) is 4.07. The van der Waals surface area contributed by atoms with Crippen LogP contribution in [-0.2, 0) is 0 Å². The maximum absolute atomic E-state index is 12.3. The van der Waals surface area contributed by atoms with Crippen molar-refractivity contribution in [1.82, 2.24) is 10.6 Å². The number of benzene rings is 1. The van der Waals surface area contributed by atoms with Gasteiger partial charge in [-0.3, -0.25) is 4.79 Å². The van der Waals surface area contributed by atoms with E-state index in [1.54, 1.807) is 0 Å². The highest BCUT2D eigenvalue weighted by atomic mass is 35.5. The average molecular weight is 311 g/mol. The van der Waals surface area contributed by atoms with Crippen LogP contribution in [0.3, 0.4) is 0 Å². The third-order valence-electron chi connectivity index (χ3n) is 4.07. The van der Waals surface area contributed by atoms with Crippen molar-refractivity contribution in [3.05, 3.63) is 34.9 Å². The van der Waals surface area contributed by atoms with E-state index in [-0.39, 0.29) is 18.3 Å². The van der Waals surface area contributed by atoms with E-state index in [0.29, 0.717) is 11.8 Å². The van der Waals surface area contributed by atoms with E-state index in [2.05, 4.69) is 37.5 Å². The third kappa shape index (κ3) is 4.72. The number of hydrogen-bond donors (Lipinski definition) is 2. The van der Waals surface area contributed by atoms with Gasteiger partial charge in [0.15, 0.2) is 0 Å². The zero-order chi connectivity index (χ0) is 14.5. The average Bonchev–Trinajstić information content (AvgIpc) is 2.46. The molecule has 0 unspecified atom stereocenters. The highest BCUT2D eigenvalue weighted by Gasteiger charge is 2.19. The number of piperidine rings is 1. The summed E-state index contributed by atoms with van der Waals surface area (Å²) in [4.78, 5) is 12.3. The Morgan fingerprint density at radius 2 is 2.00 bits per heavy atom. The van der Waals surface area contributed by atoms with Gasteiger partial charge < -0.3 is 10.6 Å². The fourth-order valence-electron chi connectivity index (χ4n) is 2.87. The molecule has 1 fully saturated rings. The van der Waals surface area contributed by atoms with E-state index in [4.69, 9.17) is 0 Å². The number of amides is 1. The lowest BCUT2D eigenvalue weighted by atomic mass is 9.86. The first-order valence-corrected chi connectivity index (χ1v) is 7.68. The molecule has 21 heavy (non-hydrogen) atoms. The lowest BCUT2D eigenvalue weighted by Crippen LogP contribution is -2.29. The Balaban J connectivity index is 0.00000220. The molecule has 2 rings (SSSR count). The van der Waals surface area contributed by atoms with Gasteiger partial charge >= 0.3 is 0 Å². The quantitative estimate of drug-likeness (QED) is 0.896. The zero-order valence-corrected chi connectivity index (χ0v) is 14.1. The minimum Gasteiger partial charge on any atom is -0.352 e. The lowest BCUT2D eigenvalue weighted by molar-refractivity contribution is 0.0948. The minimum atomic E-state index is 0. The summed E-state index contributed by atoms with van der Waals surface area (Å²) in [6.07, 6.45) is 2.33. The summed E-state index contributed by atoms with van der Waals surface area (Å²) in [6, 6.07) is 6.15. The van der Waals surface area contributed by atoms with E-state index < -0.39 is 0 Å². The second kappa shape index (κ2) is 8.40. The summed E-state index contributed by atoms with van der Waals surface area (Å²) in [7, 11) is 0. The second-order valence-corrected chi connectivity index (χ2v) is 6.15. The number of rotatable bonds is 4. The van der Waals surface area contributed by atoms with Crippen molar-refractivity contribution in [2.75, 3.05) is 19.6 Å². The minimum absolute atomic E-state index is 0. The molecule has 0 bridgehead atoms. The topological polar surface area (TPSA) is 41.1 Å². The molecule has 1 aromatic carbocycles. The second-order valence-electron chi connectivity index (χ2n) is 6.15. The van der Waals surface area contributed by atoms with Crippen LogP contribution in [0.5, 0.6) is 0 Å². The molecule has 0 saturated carbocycles. The summed E-state index contributed by atoms with van der Waals surface area (Å²) < 4.78 is 0. The summed E-state index contributed by atoms with van der Waals surface area (Å²) in [6.45, 7) is 9.19. The molecular weight excluding hydrogens is 284 g/mol. The van der Waals surface area contributed by atoms with Gasteiger partial charge in [0, 0.05) is 12.1 Å². The van der Waals surface area contributed by atoms with Gasteiger partial charge in [0.2, 0.25) is 0 Å². The standard InChI is InChI=1S/C17H26N2O.ClH/c1-12(2)11-19-17(20)16-6-4-5-15(13(16)3)14-7-9-18-10-8-14;/h4-6,12,14,18H,7-11H2,1-3H3,(H,19,20);1H. The Kier molecular flexibility index (Phi) is 7.20. The van der Waals surface area contributed by atoms with Crippen LogP contribution in [0, 0.1) is 12.8 Å². The van der Waals surface area contributed by atoms with Gasteiger partial charge in [-0.25, -0.2) is 0 Å². The molecular formula is C17H27ClN2O. The van der Waals surface area contributed by atoms with Crippen LogP contribution in [0.1, 0.15) is 54.1 Å². The maximum atomic E-state index is 12.3. The molecule has 1 aliphatic rings. The molecule has 1 aliphatic heterocycles. The first-order valence-electron chi connectivity index (χ1n) is 7.68. The smallest absolute Gasteiger partial charge is 0.251 e. The monoisotopic (exact) mass is 310 g/mol. The van der Waals surface area contributed by atoms with Crippen LogP contribution in [0.15, 0.2) is 18.2 Å². The number of nitrogens with one attached hydrogen (secondary N) is 2. The highest BCUT2D eigenvalue weighted by Crippen LogP contribution is 2.29. The predicted molar refractivity (Wildman–Crippen MR) is 90.4 cm³/mol. The fourth-order valence-corrected chi connectivity index (χ4v) is 2.87. The summed E-state index contributed by atoms with van der Waals surface area (Å²) in [5.74, 6) is 1.13. The Morgan fingerprint density at radius 1 is 1.33 bits per heavy atom. The first kappa shape index (κ1) is 18.0. The van der Waals surface area contributed by atoms with Crippen LogP contribution in [0.2, 0.25) is 0 Å². The van der Waals surface area contributed by atoms with Gasteiger partial charge in [-0.05, 0) is 61.9 Å². The number of carbonyl (C=O) groups excluding carboxylic acids is 1. The largest absolute Gasteiger partial charge is 0.352 e. The Morgan fingerprint density at radius 3 is 2.62 bits per heavy atom. The van der Waals surface area contributed by atoms with Gasteiger partial charge in [0.25, 0.3) is 5.91 Å². The predicted octanol–water partition coefficient (Wildman–Crippen LogP) is 3.27. The van der Waals surface area contributed by atoms with Crippen molar-refractivity contribution in [2.24, 2.45) is 5.92 Å². The van der Waals surface area contributed by atoms with Crippen LogP contribution in [-0.4, -0.2) is 25.5 Å². The van der Waals surface area contributed by atoms with Gasteiger partial charge in [-0.2, -0.15) is 0 Å². The van der Waals surface area contributed by atoms with E-state index >= 15 is 0 Å². The molecule has 1 heterocycles. The van der Waals surface area contributed by atoms with Gasteiger partial charge in [0.05, 0.1) is 0 Å². The summed E-state index contributed by atoms with van der Waals surface area (Å²) >= 11 is 0. The Labute approximate surface area is 134 Å². The molecule has 2 N–H and O–H groups in total. The van der Waals surface area contributed by atoms with Crippen molar-refractivity contribution < 1.29 is 4.79 Å². The van der Waals surface area contributed by atoms with E-state index in [1.807, 2.05) is 12.1 Å². The van der Waals surface area contributed by atoms with Crippen LogP contribution >= 0.6 is 12.4 Å². The molecule has 118 valence electrons. The highest BCUT2D eigenvalue weighted by molar-refractivity contribution is 5.96. The van der Waals surface area contributed by atoms with Crippen LogP contribution < -0.4 is 10.6 Å². The van der Waals surface area contributed by atoms with Crippen molar-refractivity contribution in [2.45, 2.75) is 39.5 Å². The van der Waals surface area contributed by atoms with Crippen molar-refractivity contribution in [3.63, 3.8) is 0 Å². The van der Waals surface area contributed by atoms with Crippen molar-refractivity contribution in [1.29, 1.82) is 0 Å². The lowest BCUT2D eigenvalue weighted by Gasteiger charge is -2.25. The SMILES string of the molecule is Cc1c(C(=O)NCC(C)C)cccc1C1CCNCC1.Cl. The van der Waals surface area contributed by atoms with E-state index in [9.17, 15) is 4.79 Å². The summed E-state index contributed by atoms with van der Waals surface area (Å²) in [5.41, 5.74) is 3.34. The summed E-state index contributed by atoms with van der Waals surface area (Å²) in [5, 5.41) is 6.41. The van der Waals surface area contributed by atoms with Gasteiger partial charge in [-0.1, -0.05) is 26.0 Å².